The maximum absolute atomic E-state index is 13.2. The van der Waals surface area contributed by atoms with Gasteiger partial charge in [0.25, 0.3) is 0 Å². The van der Waals surface area contributed by atoms with E-state index in [1.807, 2.05) is 0 Å². The fourth-order valence-electron chi connectivity index (χ4n) is 4.12. The van der Waals surface area contributed by atoms with Crippen molar-refractivity contribution in [3.8, 4) is 0 Å². The van der Waals surface area contributed by atoms with Crippen LogP contribution in [0.2, 0.25) is 0 Å². The molecule has 54 heavy (non-hydrogen) atoms. The van der Waals surface area contributed by atoms with Crippen molar-refractivity contribution in [1.29, 1.82) is 5.53 Å². The topological polar surface area (TPSA) is 223 Å². The minimum absolute atomic E-state index is 0.00887. The van der Waals surface area contributed by atoms with E-state index in [4.69, 9.17) is 52.9 Å². The van der Waals surface area contributed by atoms with Crippen molar-refractivity contribution >= 4 is 23.8 Å². The molecule has 18 nitrogen and oxygen atoms in total. The molecule has 0 saturated carbocycles. The van der Waals surface area contributed by atoms with Gasteiger partial charge < -0.3 is 52.7 Å². The molecule has 0 heterocycles. The molecule has 0 fully saturated rings. The van der Waals surface area contributed by atoms with E-state index in [1.165, 1.54) is 0 Å². The van der Waals surface area contributed by atoms with Crippen LogP contribution in [0, 0.1) is 5.53 Å². The molecule has 0 rings (SSSR count). The van der Waals surface area contributed by atoms with Crippen molar-refractivity contribution < 1.29 is 66.5 Å². The maximum atomic E-state index is 13.2. The number of esters is 3. The van der Waals surface area contributed by atoms with Gasteiger partial charge in [-0.05, 0) is 62.3 Å². The van der Waals surface area contributed by atoms with E-state index in [9.17, 15) is 19.2 Å². The van der Waals surface area contributed by atoms with Crippen molar-refractivity contribution in [3.05, 3.63) is 0 Å². The Labute approximate surface area is 320 Å². The highest BCUT2D eigenvalue weighted by Crippen LogP contribution is 2.14. The standard InChI is InChI=1S/C36H66N4O14/c1-33(2,3)52-30(42)11-16-49-26-36(27-50-17-12-31(43)53-34(4,5)6,28-51-18-13-32(44)54-35(7,8)9)39-29(41)10-15-45-20-22-47-24-25-48-23-21-46-19-14-38-40-37/h37H,10-28H2,1-9H3/p+1. The molecule has 0 aliphatic carbocycles. The molecule has 18 heteroatoms. The number of hydrogen-bond donors (Lipinski definition) is 2. The zero-order chi connectivity index (χ0) is 40.9. The molecule has 0 aromatic rings. The first-order valence-electron chi connectivity index (χ1n) is 18.3. The summed E-state index contributed by atoms with van der Waals surface area (Å²) in [5.41, 5.74) is 3.33. The van der Waals surface area contributed by atoms with E-state index in [0.717, 1.165) is 0 Å². The molecule has 0 saturated heterocycles. The number of ether oxygens (including phenoxy) is 10. The highest BCUT2D eigenvalue weighted by atomic mass is 16.6. The summed E-state index contributed by atoms with van der Waals surface area (Å²) in [5.74, 6) is -1.73. The van der Waals surface area contributed by atoms with Crippen LogP contribution in [0.5, 0.6) is 0 Å². The Morgan fingerprint density at radius 3 is 1.13 bits per heavy atom. The SMILES string of the molecule is CC(C)(C)OC(=O)CCOCC(COCCC(=O)OC(C)(C)C)(COCCC(=O)OC(C)(C)C)NC(=O)CCOCCOCCOCCOCCN=[N+]=N. The van der Waals surface area contributed by atoms with E-state index in [-0.39, 0.29) is 78.5 Å². The monoisotopic (exact) mass is 779 g/mol. The summed E-state index contributed by atoms with van der Waals surface area (Å²) in [7, 11) is 0. The largest absolute Gasteiger partial charge is 0.460 e. The lowest BCUT2D eigenvalue weighted by Gasteiger charge is -2.34. The fourth-order valence-corrected chi connectivity index (χ4v) is 4.12. The third kappa shape index (κ3) is 33.5. The molecule has 0 aliphatic rings. The summed E-state index contributed by atoms with van der Waals surface area (Å²) in [4.78, 5) is 53.0. The lowest BCUT2D eigenvalue weighted by Crippen LogP contribution is -2.59. The average Bonchev–Trinajstić information content (AvgIpc) is 3.03. The first kappa shape index (κ1) is 50.9. The van der Waals surface area contributed by atoms with E-state index in [0.29, 0.717) is 46.2 Å². The number of amides is 1. The van der Waals surface area contributed by atoms with Crippen LogP contribution in [0.3, 0.4) is 0 Å². The summed E-state index contributed by atoms with van der Waals surface area (Å²) in [6.07, 6.45) is -0.0995. The molecule has 0 spiro atoms. The summed E-state index contributed by atoms with van der Waals surface area (Å²) in [6, 6.07) is 0. The molecule has 0 aromatic heterocycles. The first-order chi connectivity index (χ1) is 25.3. The molecule has 0 aliphatic heterocycles. The summed E-state index contributed by atoms with van der Waals surface area (Å²) < 4.78 is 55.4. The van der Waals surface area contributed by atoms with Crippen LogP contribution in [0.4, 0.5) is 0 Å². The summed E-state index contributed by atoms with van der Waals surface area (Å²) >= 11 is 0. The van der Waals surface area contributed by atoms with Crippen LogP contribution in [0.1, 0.15) is 88.0 Å². The maximum Gasteiger partial charge on any atom is 0.308 e. The second-order valence-electron chi connectivity index (χ2n) is 15.2. The highest BCUT2D eigenvalue weighted by molar-refractivity contribution is 5.77. The zero-order valence-corrected chi connectivity index (χ0v) is 34.0. The second-order valence-corrected chi connectivity index (χ2v) is 15.2. The van der Waals surface area contributed by atoms with Gasteiger partial charge in [-0.15, -0.1) is 0 Å². The number of rotatable bonds is 31. The van der Waals surface area contributed by atoms with Crippen LogP contribution in [-0.4, -0.2) is 145 Å². The van der Waals surface area contributed by atoms with Crippen LogP contribution in [-0.2, 0) is 66.5 Å². The van der Waals surface area contributed by atoms with Crippen LogP contribution >= 0.6 is 0 Å². The Bertz CT molecular complexity index is 1020. The fraction of sp³-hybridized carbons (Fsp3) is 0.889. The second kappa shape index (κ2) is 28.3. The number of hydrogen-bond acceptors (Lipinski definition) is 16. The molecule has 0 bridgehead atoms. The quantitative estimate of drug-likeness (QED) is 0.0339. The van der Waals surface area contributed by atoms with Gasteiger partial charge in [-0.1, -0.05) is 0 Å². The third-order valence-electron chi connectivity index (χ3n) is 6.15. The normalized spacial score (nSPS) is 12.2. The Balaban J connectivity index is 5.25. The van der Waals surface area contributed by atoms with Gasteiger partial charge in [0.05, 0.1) is 112 Å². The van der Waals surface area contributed by atoms with Gasteiger partial charge in [-0.2, -0.15) is 0 Å². The minimum atomic E-state index is -1.27. The van der Waals surface area contributed by atoms with Crippen molar-refractivity contribution in [3.63, 3.8) is 0 Å². The average molecular weight is 780 g/mol. The van der Waals surface area contributed by atoms with Gasteiger partial charge in [0.2, 0.25) is 10.8 Å². The van der Waals surface area contributed by atoms with Crippen molar-refractivity contribution in [2.75, 3.05) is 99.0 Å². The van der Waals surface area contributed by atoms with E-state index >= 15 is 0 Å². The molecule has 2 N–H and O–H groups in total. The van der Waals surface area contributed by atoms with Crippen LogP contribution < -0.4 is 10.2 Å². The predicted octanol–water partition coefficient (Wildman–Crippen LogP) is 3.09. The van der Waals surface area contributed by atoms with Crippen molar-refractivity contribution in [2.24, 2.45) is 5.11 Å². The molecule has 314 valence electrons. The lowest BCUT2D eigenvalue weighted by molar-refractivity contribution is -0.157. The van der Waals surface area contributed by atoms with Gasteiger partial charge >= 0.3 is 17.9 Å². The molecule has 0 radical (unpaired) electrons. The zero-order valence-electron chi connectivity index (χ0n) is 34.0. The number of carbonyl (C=O) groups excluding carboxylic acids is 4. The number of nitrogens with one attached hydrogen (secondary N) is 2. The Hall–Kier alpha value is -3.09. The van der Waals surface area contributed by atoms with Gasteiger partial charge in [0.15, 0.2) is 0 Å². The Morgan fingerprint density at radius 2 is 0.796 bits per heavy atom. The van der Waals surface area contributed by atoms with Gasteiger partial charge in [-0.3, -0.25) is 19.2 Å². The van der Waals surface area contributed by atoms with Crippen LogP contribution in [0.25, 0.3) is 0 Å². The number of carbonyl (C=O) groups is 4. The first-order valence-corrected chi connectivity index (χ1v) is 18.3. The molecular weight excluding hydrogens is 712 g/mol. The van der Waals surface area contributed by atoms with Crippen molar-refractivity contribution in [2.45, 2.75) is 110 Å². The number of nitrogens with zero attached hydrogens (tertiary/aromatic N) is 2. The molecule has 0 unspecified atom stereocenters. The van der Waals surface area contributed by atoms with Crippen molar-refractivity contribution in [1.82, 2.24) is 10.2 Å². The van der Waals surface area contributed by atoms with E-state index < -0.39 is 46.2 Å². The summed E-state index contributed by atoms with van der Waals surface area (Å²) in [5, 5.41) is 6.42. The molecule has 1 amide bonds. The third-order valence-corrected chi connectivity index (χ3v) is 6.15. The van der Waals surface area contributed by atoms with E-state index in [1.54, 1.807) is 62.3 Å². The lowest BCUT2D eigenvalue weighted by atomic mass is 10.0. The van der Waals surface area contributed by atoms with Gasteiger partial charge in [-0.25, -0.2) is 0 Å². The minimum Gasteiger partial charge on any atom is -0.460 e. The van der Waals surface area contributed by atoms with E-state index in [2.05, 4.69) is 15.3 Å². The smallest absolute Gasteiger partial charge is 0.308 e. The van der Waals surface area contributed by atoms with Gasteiger partial charge in [0, 0.05) is 6.42 Å². The Morgan fingerprint density at radius 1 is 0.481 bits per heavy atom. The molecule has 0 aromatic carbocycles. The van der Waals surface area contributed by atoms with Crippen LogP contribution in [0.15, 0.2) is 5.11 Å². The summed E-state index contributed by atoms with van der Waals surface area (Å²) in [6.45, 7) is 18.4. The highest BCUT2D eigenvalue weighted by Gasteiger charge is 2.34. The predicted molar refractivity (Wildman–Crippen MR) is 195 cm³/mol. The Kier molecular flexibility index (Phi) is 26.7. The molecule has 0 atom stereocenters. The molecular formula is C36H67N4O14+. The van der Waals surface area contributed by atoms with Gasteiger partial charge in [0.1, 0.15) is 39.5 Å².